The van der Waals surface area contributed by atoms with E-state index in [0.29, 0.717) is 17.7 Å². The predicted octanol–water partition coefficient (Wildman–Crippen LogP) is 2.65. The maximum absolute atomic E-state index is 14.8. The van der Waals surface area contributed by atoms with Crippen LogP contribution in [-0.2, 0) is 20.8 Å². The van der Waals surface area contributed by atoms with Crippen molar-refractivity contribution in [2.45, 2.75) is 38.5 Å². The minimum atomic E-state index is -2.29. The number of anilines is 1. The van der Waals surface area contributed by atoms with E-state index in [1.807, 2.05) is 19.6 Å². The van der Waals surface area contributed by atoms with Crippen molar-refractivity contribution >= 4 is 36.7 Å². The number of rotatable bonds is 9. The zero-order valence-electron chi connectivity index (χ0n) is 20.8. The summed E-state index contributed by atoms with van der Waals surface area (Å²) < 4.78 is 34.8. The Hall–Kier alpha value is -3.31. The van der Waals surface area contributed by atoms with Crippen molar-refractivity contribution in [2.24, 2.45) is 0 Å². The molecule has 2 aromatic carbocycles. The van der Waals surface area contributed by atoms with Gasteiger partial charge in [0.2, 0.25) is 5.91 Å². The van der Waals surface area contributed by atoms with Crippen LogP contribution in [0.2, 0.25) is 19.6 Å². The molecular formula is C25H31F2N3O5Si. The van der Waals surface area contributed by atoms with E-state index in [0.717, 1.165) is 17.7 Å². The van der Waals surface area contributed by atoms with E-state index in [-0.39, 0.29) is 42.8 Å². The average molecular weight is 520 g/mol. The Labute approximate surface area is 209 Å². The third-order valence-corrected chi connectivity index (χ3v) is 7.98. The Balaban J connectivity index is 1.90. The number of amides is 2. The number of carboxylic acids is 1. The van der Waals surface area contributed by atoms with Crippen molar-refractivity contribution in [2.75, 3.05) is 32.1 Å². The number of carboxylic acid groups (broad SMARTS) is 1. The number of halogens is 2. The predicted molar refractivity (Wildman–Crippen MR) is 134 cm³/mol. The number of aliphatic carboxylic acids is 1. The summed E-state index contributed by atoms with van der Waals surface area (Å²) in [7, 11) is -0.764. The quantitative estimate of drug-likeness (QED) is 0.347. The van der Waals surface area contributed by atoms with Gasteiger partial charge in [-0.1, -0.05) is 25.7 Å². The molecule has 8 nitrogen and oxygen atoms in total. The topological polar surface area (TPSA) is 108 Å². The molecule has 0 saturated heterocycles. The molecular weight excluding hydrogens is 488 g/mol. The summed E-state index contributed by atoms with van der Waals surface area (Å²) in [6, 6.07) is 6.37. The molecule has 0 fully saturated rings. The zero-order chi connectivity index (χ0) is 26.6. The second kappa shape index (κ2) is 11.2. The Morgan fingerprint density at radius 2 is 1.81 bits per heavy atom. The Kier molecular flexibility index (Phi) is 8.46. The summed E-state index contributed by atoms with van der Waals surface area (Å²) in [4.78, 5) is 38.6. The van der Waals surface area contributed by atoms with Gasteiger partial charge in [-0.2, -0.15) is 0 Å². The minimum absolute atomic E-state index is 0.0172. The lowest BCUT2D eigenvalue weighted by atomic mass is 9.91. The summed E-state index contributed by atoms with van der Waals surface area (Å²) in [5, 5.41) is 14.1. The molecule has 11 heteroatoms. The summed E-state index contributed by atoms with van der Waals surface area (Å²) in [5.74, 6) is -2.81. The molecule has 0 bridgehead atoms. The molecule has 36 heavy (non-hydrogen) atoms. The first-order valence-electron chi connectivity index (χ1n) is 11.6. The molecule has 3 N–H and O–H groups in total. The maximum Gasteiger partial charge on any atom is 0.317 e. The van der Waals surface area contributed by atoms with Crippen LogP contribution in [0.25, 0.3) is 0 Å². The second-order valence-electron chi connectivity index (χ2n) is 9.68. The minimum Gasteiger partial charge on any atom is -0.497 e. The fourth-order valence-electron chi connectivity index (χ4n) is 4.39. The van der Waals surface area contributed by atoms with E-state index in [1.54, 1.807) is 18.2 Å². The van der Waals surface area contributed by atoms with Gasteiger partial charge >= 0.3 is 5.97 Å². The summed E-state index contributed by atoms with van der Waals surface area (Å²) in [5.41, 5.74) is 1.38. The molecule has 0 aliphatic carbocycles. The number of carbonyl (C=O) groups is 3. The van der Waals surface area contributed by atoms with Gasteiger partial charge in [0.15, 0.2) is 0 Å². The zero-order valence-corrected chi connectivity index (χ0v) is 21.8. The van der Waals surface area contributed by atoms with Gasteiger partial charge < -0.3 is 25.4 Å². The largest absolute Gasteiger partial charge is 0.497 e. The molecule has 1 heterocycles. The first kappa shape index (κ1) is 27.3. The highest BCUT2D eigenvalue weighted by molar-refractivity contribution is 6.88. The Morgan fingerprint density at radius 3 is 2.39 bits per heavy atom. The van der Waals surface area contributed by atoms with Crippen molar-refractivity contribution in [3.05, 3.63) is 53.1 Å². The molecule has 0 aromatic heterocycles. The molecule has 0 spiro atoms. The van der Waals surface area contributed by atoms with Gasteiger partial charge in [0.25, 0.3) is 5.91 Å². The molecule has 0 radical (unpaired) electrons. The number of hydrogen-bond donors (Lipinski definition) is 3. The number of hydrogen-bond acceptors (Lipinski definition) is 5. The van der Waals surface area contributed by atoms with Crippen LogP contribution < -0.4 is 20.6 Å². The molecule has 2 aromatic rings. The van der Waals surface area contributed by atoms with Gasteiger partial charge in [0.1, 0.15) is 23.4 Å². The lowest BCUT2D eigenvalue weighted by Gasteiger charge is -2.36. The Morgan fingerprint density at radius 1 is 1.14 bits per heavy atom. The summed E-state index contributed by atoms with van der Waals surface area (Å²) in [6.45, 7) is 5.57. The number of carbonyl (C=O) groups excluding carboxylic acids is 2. The number of nitrogens with one attached hydrogen (secondary N) is 2. The van der Waals surface area contributed by atoms with Gasteiger partial charge in [0.05, 0.1) is 21.7 Å². The van der Waals surface area contributed by atoms with Gasteiger partial charge in [-0.25, -0.2) is 8.78 Å². The third-order valence-electron chi connectivity index (χ3n) is 6.00. The summed E-state index contributed by atoms with van der Waals surface area (Å²) in [6.07, 6.45) is 0.468. The van der Waals surface area contributed by atoms with Crippen LogP contribution in [0, 0.1) is 11.6 Å². The lowest BCUT2D eigenvalue weighted by Crippen LogP contribution is -2.46. The second-order valence-corrected chi connectivity index (χ2v) is 14.7. The lowest BCUT2D eigenvalue weighted by molar-refractivity contribution is -0.139. The van der Waals surface area contributed by atoms with Crippen molar-refractivity contribution in [1.82, 2.24) is 10.2 Å². The average Bonchev–Trinajstić information content (AvgIpc) is 2.78. The fraction of sp³-hybridized carbons (Fsp3) is 0.400. The Bertz CT molecular complexity index is 1150. The highest BCUT2D eigenvalue weighted by Crippen LogP contribution is 2.34. The van der Waals surface area contributed by atoms with Crippen LogP contribution in [0.4, 0.5) is 14.5 Å². The highest BCUT2D eigenvalue weighted by atomic mass is 28.3. The van der Waals surface area contributed by atoms with Gasteiger partial charge in [-0.15, -0.1) is 0 Å². The van der Waals surface area contributed by atoms with E-state index in [4.69, 9.17) is 9.84 Å². The molecule has 1 aliphatic rings. The third kappa shape index (κ3) is 6.27. The number of fused-ring (bicyclic) bond motifs is 1. The number of nitrogens with zero attached hydrogens (tertiary/aromatic N) is 1. The van der Waals surface area contributed by atoms with Crippen LogP contribution in [0.15, 0.2) is 30.3 Å². The first-order valence-corrected chi connectivity index (χ1v) is 15.1. The highest BCUT2D eigenvalue weighted by Gasteiger charge is 2.36. The van der Waals surface area contributed by atoms with Gasteiger partial charge in [-0.3, -0.25) is 14.4 Å². The van der Waals surface area contributed by atoms with Crippen molar-refractivity contribution in [3.63, 3.8) is 0 Å². The standard InChI is InChI=1S/C25H31F2N3O5Si/c1-35-17-5-6-18-15(11-17)8-10-30(21(31)7-9-28-14-22(32)33)23(18)25(34)29-16-12-19(26)24(20(27)13-16)36(2,3)4/h5-6,11-13,23,28H,7-10,14H2,1-4H3,(H,29,34)(H,32,33)/t23-/m1/s1. The molecule has 2 amide bonds. The van der Waals surface area contributed by atoms with Crippen LogP contribution in [0.3, 0.4) is 0 Å². The van der Waals surface area contributed by atoms with Crippen LogP contribution in [0.5, 0.6) is 5.75 Å². The smallest absolute Gasteiger partial charge is 0.317 e. The van der Waals surface area contributed by atoms with Gasteiger partial charge in [0, 0.05) is 30.4 Å². The van der Waals surface area contributed by atoms with E-state index < -0.39 is 37.6 Å². The molecule has 3 rings (SSSR count). The van der Waals surface area contributed by atoms with E-state index >= 15 is 0 Å². The number of benzene rings is 2. The van der Waals surface area contributed by atoms with Crippen molar-refractivity contribution in [1.29, 1.82) is 0 Å². The van der Waals surface area contributed by atoms with Crippen LogP contribution >= 0.6 is 0 Å². The molecule has 1 atom stereocenters. The van der Waals surface area contributed by atoms with Gasteiger partial charge in [-0.05, 0) is 41.8 Å². The molecule has 0 saturated carbocycles. The monoisotopic (exact) mass is 519 g/mol. The van der Waals surface area contributed by atoms with E-state index in [2.05, 4.69) is 10.6 Å². The van der Waals surface area contributed by atoms with E-state index in [1.165, 1.54) is 12.0 Å². The van der Waals surface area contributed by atoms with Crippen LogP contribution in [0.1, 0.15) is 23.6 Å². The van der Waals surface area contributed by atoms with E-state index in [9.17, 15) is 23.2 Å². The SMILES string of the molecule is COc1ccc2c(c1)CCN(C(=O)CCNCC(=O)O)[C@H]2C(=O)Nc1cc(F)c([Si](C)(C)C)c(F)c1. The number of methoxy groups -OCH3 is 1. The summed E-state index contributed by atoms with van der Waals surface area (Å²) >= 11 is 0. The normalized spacial score (nSPS) is 15.3. The van der Waals surface area contributed by atoms with Crippen LogP contribution in [-0.4, -0.2) is 62.6 Å². The number of ether oxygens (including phenoxy) is 1. The molecule has 0 unspecified atom stereocenters. The van der Waals surface area contributed by atoms with Crippen molar-refractivity contribution < 1.29 is 33.0 Å². The first-order chi connectivity index (χ1) is 16.9. The maximum atomic E-state index is 14.8. The molecule has 1 aliphatic heterocycles. The fourth-order valence-corrected chi connectivity index (χ4v) is 5.97. The molecule has 194 valence electrons. The van der Waals surface area contributed by atoms with Crippen molar-refractivity contribution in [3.8, 4) is 5.75 Å².